The van der Waals surface area contributed by atoms with E-state index < -0.39 is 0 Å². The van der Waals surface area contributed by atoms with Gasteiger partial charge in [-0.3, -0.25) is 0 Å². The number of carbonyl (C=O) groups excluding carboxylic acids is 1. The largest absolute Gasteiger partial charge is 0.367 e. The van der Waals surface area contributed by atoms with Crippen molar-refractivity contribution in [2.24, 2.45) is 4.99 Å². The normalized spacial score (nSPS) is 9.43. The van der Waals surface area contributed by atoms with Gasteiger partial charge in [-0.2, -0.15) is 4.99 Å². The summed E-state index contributed by atoms with van der Waals surface area (Å²) in [5.74, 6) is 0. The van der Waals surface area contributed by atoms with E-state index >= 15 is 0 Å². The van der Waals surface area contributed by atoms with Crippen molar-refractivity contribution in [3.63, 3.8) is 0 Å². The lowest BCUT2D eigenvalue weighted by molar-refractivity contribution is 0.565. The molecule has 0 radical (unpaired) electrons. The van der Waals surface area contributed by atoms with Gasteiger partial charge in [0.15, 0.2) is 0 Å². The third-order valence-electron chi connectivity index (χ3n) is 1.97. The minimum atomic E-state index is 0.624. The minimum Gasteiger partial charge on any atom is -0.367 e. The molecule has 0 aliphatic heterocycles. The number of hydrogen-bond acceptors (Lipinski definition) is 2. The Labute approximate surface area is 81.1 Å². The van der Waals surface area contributed by atoms with E-state index in [2.05, 4.69) is 9.98 Å². The van der Waals surface area contributed by atoms with Crippen LogP contribution >= 0.6 is 0 Å². The molecule has 14 heavy (non-hydrogen) atoms. The average molecular weight is 184 g/mol. The summed E-state index contributed by atoms with van der Waals surface area (Å²) >= 11 is 0. The van der Waals surface area contributed by atoms with Crippen molar-refractivity contribution in [1.29, 1.82) is 0 Å². The Hall–Kier alpha value is -2.12. The molecule has 1 N–H and O–H groups in total. The molecule has 0 saturated carbocycles. The lowest BCUT2D eigenvalue weighted by Gasteiger charge is -1.96. The number of aromatic nitrogens is 1. The zero-order valence-electron chi connectivity index (χ0n) is 7.40. The molecule has 1 aromatic carbocycles. The molecule has 0 bridgehead atoms. The summed E-state index contributed by atoms with van der Waals surface area (Å²) in [5.41, 5.74) is 2.84. The highest BCUT2D eigenvalue weighted by atomic mass is 16.1. The number of rotatable bonds is 2. The molecule has 1 heterocycles. The van der Waals surface area contributed by atoms with Crippen molar-refractivity contribution in [2.75, 3.05) is 0 Å². The van der Waals surface area contributed by atoms with Gasteiger partial charge in [0.05, 0.1) is 5.69 Å². The van der Waals surface area contributed by atoms with E-state index in [-0.39, 0.29) is 0 Å². The van der Waals surface area contributed by atoms with Crippen molar-refractivity contribution in [2.45, 2.75) is 0 Å². The van der Waals surface area contributed by atoms with E-state index in [9.17, 15) is 4.79 Å². The second-order valence-corrected chi connectivity index (χ2v) is 2.85. The maximum absolute atomic E-state index is 9.99. The molecular weight excluding hydrogens is 176 g/mol. The highest BCUT2D eigenvalue weighted by molar-refractivity contribution is 5.65. The van der Waals surface area contributed by atoms with Crippen molar-refractivity contribution in [1.82, 2.24) is 4.98 Å². The van der Waals surface area contributed by atoms with E-state index in [1.807, 2.05) is 30.6 Å². The smallest absolute Gasteiger partial charge is 0.240 e. The number of nitrogens with zero attached hydrogens (tertiary/aromatic N) is 1. The molecule has 2 rings (SSSR count). The van der Waals surface area contributed by atoms with E-state index in [0.29, 0.717) is 5.69 Å². The first-order chi connectivity index (χ1) is 6.90. The summed E-state index contributed by atoms with van der Waals surface area (Å²) in [6, 6.07) is 9.39. The summed E-state index contributed by atoms with van der Waals surface area (Å²) in [4.78, 5) is 16.5. The van der Waals surface area contributed by atoms with Crippen LogP contribution in [0.2, 0.25) is 0 Å². The zero-order chi connectivity index (χ0) is 9.80. The number of benzene rings is 1. The van der Waals surface area contributed by atoms with Crippen LogP contribution in [0.25, 0.3) is 11.1 Å². The Morgan fingerprint density at radius 1 is 1.07 bits per heavy atom. The van der Waals surface area contributed by atoms with Crippen molar-refractivity contribution < 1.29 is 4.79 Å². The lowest BCUT2D eigenvalue weighted by atomic mass is 10.1. The fraction of sp³-hybridized carbons (Fsp3) is 0. The van der Waals surface area contributed by atoms with Crippen LogP contribution in [-0.2, 0) is 4.79 Å². The summed E-state index contributed by atoms with van der Waals surface area (Å²) in [7, 11) is 0. The van der Waals surface area contributed by atoms with Gasteiger partial charge in [0.1, 0.15) is 0 Å². The summed E-state index contributed by atoms with van der Waals surface area (Å²) < 4.78 is 0. The SMILES string of the molecule is O=C=Nc1ccc(-c2cc[nH]c2)cc1. The number of aromatic amines is 1. The molecule has 1 aromatic heterocycles. The van der Waals surface area contributed by atoms with E-state index in [1.165, 1.54) is 6.08 Å². The molecule has 0 aliphatic rings. The van der Waals surface area contributed by atoms with Gasteiger partial charge in [-0.25, -0.2) is 4.79 Å². The Bertz CT molecular complexity index is 451. The van der Waals surface area contributed by atoms with Gasteiger partial charge in [-0.15, -0.1) is 0 Å². The molecule has 0 saturated heterocycles. The van der Waals surface area contributed by atoms with Crippen LogP contribution in [0.3, 0.4) is 0 Å². The van der Waals surface area contributed by atoms with E-state index in [1.54, 1.807) is 12.1 Å². The first kappa shape index (κ1) is 8.48. The summed E-state index contributed by atoms with van der Waals surface area (Å²) in [6.45, 7) is 0. The molecule has 0 fully saturated rings. The van der Waals surface area contributed by atoms with Gasteiger partial charge >= 0.3 is 0 Å². The molecule has 0 amide bonds. The van der Waals surface area contributed by atoms with Crippen LogP contribution in [0, 0.1) is 0 Å². The molecular formula is C11H8N2O. The zero-order valence-corrected chi connectivity index (χ0v) is 7.40. The maximum atomic E-state index is 9.99. The summed E-state index contributed by atoms with van der Waals surface area (Å²) in [5, 5.41) is 0. The van der Waals surface area contributed by atoms with E-state index in [0.717, 1.165) is 11.1 Å². The van der Waals surface area contributed by atoms with Crippen molar-refractivity contribution in [3.05, 3.63) is 42.7 Å². The fourth-order valence-corrected chi connectivity index (χ4v) is 1.28. The predicted octanol–water partition coefficient (Wildman–Crippen LogP) is 2.65. The molecule has 3 heteroatoms. The predicted molar refractivity (Wildman–Crippen MR) is 54.0 cm³/mol. The molecule has 0 unspecified atom stereocenters. The number of hydrogen-bond donors (Lipinski definition) is 1. The maximum Gasteiger partial charge on any atom is 0.240 e. The highest BCUT2D eigenvalue weighted by Gasteiger charge is 1.96. The monoisotopic (exact) mass is 184 g/mol. The fourth-order valence-electron chi connectivity index (χ4n) is 1.28. The van der Waals surface area contributed by atoms with E-state index in [4.69, 9.17) is 0 Å². The van der Waals surface area contributed by atoms with Gasteiger partial charge in [0, 0.05) is 12.4 Å². The Morgan fingerprint density at radius 2 is 1.86 bits per heavy atom. The Balaban J connectivity index is 2.35. The number of aliphatic imine (C=N–C) groups is 1. The summed E-state index contributed by atoms with van der Waals surface area (Å²) in [6.07, 6.45) is 5.29. The van der Waals surface area contributed by atoms with Crippen molar-refractivity contribution in [3.8, 4) is 11.1 Å². The van der Waals surface area contributed by atoms with Gasteiger partial charge < -0.3 is 4.98 Å². The van der Waals surface area contributed by atoms with Crippen LogP contribution in [0.15, 0.2) is 47.7 Å². The standard InChI is InChI=1S/C11H8N2O/c14-8-13-11-3-1-9(2-4-11)10-5-6-12-7-10/h1-7,12H. The second kappa shape index (κ2) is 3.73. The Morgan fingerprint density at radius 3 is 2.43 bits per heavy atom. The quantitative estimate of drug-likeness (QED) is 0.566. The van der Waals surface area contributed by atoms with Crippen LogP contribution in [0.5, 0.6) is 0 Å². The molecule has 0 atom stereocenters. The first-order valence-corrected chi connectivity index (χ1v) is 4.21. The average Bonchev–Trinajstić information content (AvgIpc) is 2.72. The van der Waals surface area contributed by atoms with Crippen molar-refractivity contribution >= 4 is 11.8 Å². The number of isocyanates is 1. The minimum absolute atomic E-state index is 0.624. The molecule has 68 valence electrons. The van der Waals surface area contributed by atoms with Gasteiger partial charge in [0.25, 0.3) is 0 Å². The third-order valence-corrected chi connectivity index (χ3v) is 1.97. The molecule has 2 aromatic rings. The van der Waals surface area contributed by atoms with Gasteiger partial charge in [-0.05, 0) is 29.3 Å². The van der Waals surface area contributed by atoms with Gasteiger partial charge in [-0.1, -0.05) is 12.1 Å². The van der Waals surface area contributed by atoms with Crippen LogP contribution in [0.4, 0.5) is 5.69 Å². The number of H-pyrrole nitrogens is 1. The first-order valence-electron chi connectivity index (χ1n) is 4.21. The second-order valence-electron chi connectivity index (χ2n) is 2.85. The van der Waals surface area contributed by atoms with Crippen LogP contribution < -0.4 is 0 Å². The molecule has 0 aliphatic carbocycles. The van der Waals surface area contributed by atoms with Crippen LogP contribution in [0.1, 0.15) is 0 Å². The topological polar surface area (TPSA) is 45.2 Å². The third kappa shape index (κ3) is 1.63. The number of nitrogens with one attached hydrogen (secondary N) is 1. The lowest BCUT2D eigenvalue weighted by Crippen LogP contribution is -1.72. The molecule has 3 nitrogen and oxygen atoms in total. The van der Waals surface area contributed by atoms with Crippen LogP contribution in [-0.4, -0.2) is 11.1 Å². The Kier molecular flexibility index (Phi) is 2.26. The van der Waals surface area contributed by atoms with Gasteiger partial charge in [0.2, 0.25) is 6.08 Å². The highest BCUT2D eigenvalue weighted by Crippen LogP contribution is 2.21. The molecule has 0 spiro atoms.